The number of alkyl halides is 5. The molecule has 6 rings (SSSR count). The van der Waals surface area contributed by atoms with Crippen LogP contribution in [0.5, 0.6) is 5.88 Å². The molecule has 1 aromatic carbocycles. The molecule has 262 valence electrons. The van der Waals surface area contributed by atoms with Crippen molar-refractivity contribution in [2.24, 2.45) is 29.1 Å². The topological polar surface area (TPSA) is 111 Å². The van der Waals surface area contributed by atoms with Crippen LogP contribution in [0.25, 0.3) is 11.0 Å². The number of carbonyl (C=O) groups is 3. The summed E-state index contributed by atoms with van der Waals surface area (Å²) in [6, 6.07) is 0.355. The maximum atomic E-state index is 16.1. The van der Waals surface area contributed by atoms with E-state index in [4.69, 9.17) is 9.47 Å². The number of ether oxygens (including phenoxy) is 2. The van der Waals surface area contributed by atoms with Crippen molar-refractivity contribution in [2.75, 3.05) is 6.54 Å². The van der Waals surface area contributed by atoms with E-state index in [0.717, 1.165) is 24.6 Å². The molecule has 2 aromatic rings. The van der Waals surface area contributed by atoms with Gasteiger partial charge in [0.25, 0.3) is 5.92 Å². The third-order valence-corrected chi connectivity index (χ3v) is 10.5. The van der Waals surface area contributed by atoms with E-state index in [9.17, 15) is 27.6 Å². The number of halogens is 5. The Bertz CT molecular complexity index is 1610. The summed E-state index contributed by atoms with van der Waals surface area (Å²) in [4.78, 5) is 50.0. The van der Waals surface area contributed by atoms with Crippen LogP contribution in [-0.2, 0) is 26.4 Å². The lowest BCUT2D eigenvalue weighted by atomic mass is 9.85. The van der Waals surface area contributed by atoms with Gasteiger partial charge in [0.2, 0.25) is 11.8 Å². The number of alkyl carbamates (subject to hydrolysis) is 1. The van der Waals surface area contributed by atoms with E-state index in [0.29, 0.717) is 31.1 Å². The number of hydrogen-bond donors (Lipinski definition) is 1. The molecule has 14 heteroatoms. The lowest BCUT2D eigenvalue weighted by Crippen LogP contribution is -2.57. The summed E-state index contributed by atoms with van der Waals surface area (Å²) in [5.74, 6) is -5.14. The lowest BCUT2D eigenvalue weighted by molar-refractivity contribution is -0.141. The van der Waals surface area contributed by atoms with Gasteiger partial charge in [0.1, 0.15) is 18.2 Å². The number of Topliss-reactive ketones (excluding diaryl/α,β-unsaturated/α-hetero) is 1. The monoisotopic (exact) mass is 680 g/mol. The van der Waals surface area contributed by atoms with E-state index in [1.165, 1.54) is 11.8 Å². The predicted octanol–water partition coefficient (Wildman–Crippen LogP) is 6.66. The number of ketones is 1. The molecule has 1 N–H and O–H groups in total. The molecule has 9 nitrogen and oxygen atoms in total. The van der Waals surface area contributed by atoms with Gasteiger partial charge in [0.05, 0.1) is 29.2 Å². The first-order valence-electron chi connectivity index (χ1n) is 16.6. The van der Waals surface area contributed by atoms with Crippen molar-refractivity contribution in [3.63, 3.8) is 0 Å². The van der Waals surface area contributed by atoms with Gasteiger partial charge in [-0.15, -0.1) is 0 Å². The summed E-state index contributed by atoms with van der Waals surface area (Å²) >= 11 is 0. The van der Waals surface area contributed by atoms with Gasteiger partial charge in [0, 0.05) is 12.3 Å². The first-order valence-corrected chi connectivity index (χ1v) is 16.6. The fraction of sp³-hybridized carbons (Fsp3) is 0.676. The van der Waals surface area contributed by atoms with Crippen molar-refractivity contribution in [1.29, 1.82) is 0 Å². The van der Waals surface area contributed by atoms with Crippen LogP contribution in [-0.4, -0.2) is 63.5 Å². The molecule has 8 atom stereocenters. The van der Waals surface area contributed by atoms with Crippen LogP contribution in [0.4, 0.5) is 26.7 Å². The molecule has 2 saturated carbocycles. The van der Waals surface area contributed by atoms with E-state index in [1.807, 2.05) is 0 Å². The van der Waals surface area contributed by atoms with Crippen LogP contribution < -0.4 is 10.1 Å². The predicted molar refractivity (Wildman–Crippen MR) is 163 cm³/mol. The number of amides is 2. The average molecular weight is 681 g/mol. The van der Waals surface area contributed by atoms with E-state index in [1.54, 1.807) is 27.7 Å². The van der Waals surface area contributed by atoms with Gasteiger partial charge in [-0.05, 0) is 74.0 Å². The molecule has 0 spiro atoms. The molecule has 1 saturated heterocycles. The first kappa shape index (κ1) is 34.3. The Kier molecular flexibility index (Phi) is 8.63. The molecule has 48 heavy (non-hydrogen) atoms. The Balaban J connectivity index is 1.42. The quantitative estimate of drug-likeness (QED) is 0.336. The Morgan fingerprint density at radius 3 is 2.40 bits per heavy atom. The molecule has 2 bridgehead atoms. The van der Waals surface area contributed by atoms with Crippen molar-refractivity contribution < 1.29 is 45.8 Å². The van der Waals surface area contributed by atoms with E-state index < -0.39 is 83.3 Å². The highest BCUT2D eigenvalue weighted by Crippen LogP contribution is 2.58. The highest BCUT2D eigenvalue weighted by atomic mass is 19.4. The van der Waals surface area contributed by atoms with Gasteiger partial charge in [-0.2, -0.15) is 22.0 Å². The number of rotatable bonds is 1. The molecule has 2 unspecified atom stereocenters. The van der Waals surface area contributed by atoms with Crippen LogP contribution >= 0.6 is 0 Å². The third-order valence-electron chi connectivity index (χ3n) is 10.5. The molecule has 1 aromatic heterocycles. The fourth-order valence-corrected chi connectivity index (χ4v) is 7.90. The number of nitrogens with one attached hydrogen (secondary N) is 1. The van der Waals surface area contributed by atoms with Gasteiger partial charge in [-0.1, -0.05) is 34.1 Å². The van der Waals surface area contributed by atoms with Gasteiger partial charge < -0.3 is 19.7 Å². The number of benzene rings is 1. The van der Waals surface area contributed by atoms with Crippen molar-refractivity contribution >= 4 is 28.8 Å². The van der Waals surface area contributed by atoms with Crippen molar-refractivity contribution in [2.45, 2.75) is 110 Å². The number of fused-ring (bicyclic) bond motifs is 7. The summed E-state index contributed by atoms with van der Waals surface area (Å²) in [5.41, 5.74) is -3.09. The SMILES string of the molecule is CC(=O)[C@@H]1[C@H](C)[C@@H]2CN1C(=O)[C@H](C(C)(C)C)NC(=O)O[C@@H]1CC3CC3[C@H]1CCCCC(F)(F)c1nc3ccc(C(F)(F)F)cc3nc1O2. The molecule has 0 radical (unpaired) electrons. The van der Waals surface area contributed by atoms with Gasteiger partial charge >= 0.3 is 12.3 Å². The molecule has 2 aliphatic carbocycles. The minimum Gasteiger partial charge on any atom is -0.471 e. The standard InChI is InChI=1S/C34H41F5N4O5/c1-16-25-15-43(26(16)17(2)44)30(45)28(32(3,4)5)42-31(46)48-24-13-18-12-21(18)20(24)8-6-7-11-33(35,36)27-29(47-25)41-23-14-19(34(37,38)39)9-10-22(23)40-27/h9-10,14,16,18,20-21,24-26,28H,6-8,11-13,15H2,1-5H3,(H,42,46)/t16-,18?,20-,21?,24-,25+,26+,28-/m1/s1. The van der Waals surface area contributed by atoms with Gasteiger partial charge in [0.15, 0.2) is 11.5 Å². The minimum absolute atomic E-state index is 0.00140. The second kappa shape index (κ2) is 12.1. The zero-order valence-corrected chi connectivity index (χ0v) is 27.6. The lowest BCUT2D eigenvalue weighted by Gasteiger charge is -2.35. The third kappa shape index (κ3) is 6.55. The Labute approximate surface area is 275 Å². The molecule has 3 heterocycles. The number of hydrogen-bond acceptors (Lipinski definition) is 7. The van der Waals surface area contributed by atoms with Crippen LogP contribution in [0.15, 0.2) is 18.2 Å². The first-order chi connectivity index (χ1) is 22.3. The molecule has 2 amide bonds. The minimum atomic E-state index is -4.71. The maximum absolute atomic E-state index is 16.1. The summed E-state index contributed by atoms with van der Waals surface area (Å²) in [5, 5.41) is 2.76. The average Bonchev–Trinajstić information content (AvgIpc) is 3.55. The molecule has 3 fully saturated rings. The van der Waals surface area contributed by atoms with Crippen LogP contribution in [0.3, 0.4) is 0 Å². The Morgan fingerprint density at radius 2 is 1.73 bits per heavy atom. The summed E-state index contributed by atoms with van der Waals surface area (Å²) in [6.07, 6.45) is -4.76. The summed E-state index contributed by atoms with van der Waals surface area (Å²) in [6.45, 7) is 7.99. The van der Waals surface area contributed by atoms with E-state index in [2.05, 4.69) is 15.3 Å². The van der Waals surface area contributed by atoms with Crippen molar-refractivity contribution in [3.8, 4) is 5.88 Å². The second-order valence-corrected chi connectivity index (χ2v) is 15.0. The highest BCUT2D eigenvalue weighted by Gasteiger charge is 2.55. The smallest absolute Gasteiger partial charge is 0.416 e. The van der Waals surface area contributed by atoms with Crippen molar-refractivity contribution in [3.05, 3.63) is 29.5 Å². The number of nitrogens with zero attached hydrogens (tertiary/aromatic N) is 3. The van der Waals surface area contributed by atoms with Gasteiger partial charge in [-0.25, -0.2) is 14.8 Å². The van der Waals surface area contributed by atoms with Crippen LogP contribution in [0.1, 0.15) is 84.4 Å². The molecule has 2 aliphatic heterocycles. The van der Waals surface area contributed by atoms with Crippen LogP contribution in [0, 0.1) is 29.1 Å². The maximum Gasteiger partial charge on any atom is 0.416 e. The molecular weight excluding hydrogens is 639 g/mol. The van der Waals surface area contributed by atoms with E-state index >= 15 is 8.78 Å². The Morgan fingerprint density at radius 1 is 1.00 bits per heavy atom. The number of carbonyl (C=O) groups excluding carboxylic acids is 3. The van der Waals surface area contributed by atoms with Gasteiger partial charge in [-0.3, -0.25) is 9.59 Å². The number of aromatic nitrogens is 2. The highest BCUT2D eigenvalue weighted by molar-refractivity contribution is 5.92. The van der Waals surface area contributed by atoms with Crippen molar-refractivity contribution in [1.82, 2.24) is 20.2 Å². The Hall–Kier alpha value is -3.58. The fourth-order valence-electron chi connectivity index (χ4n) is 7.90. The summed E-state index contributed by atoms with van der Waals surface area (Å²) < 4.78 is 84.7. The molecule has 4 aliphatic rings. The van der Waals surface area contributed by atoms with E-state index in [-0.39, 0.29) is 35.7 Å². The van der Waals surface area contributed by atoms with Crippen LogP contribution in [0.2, 0.25) is 0 Å². The normalized spacial score (nSPS) is 32.6. The zero-order valence-electron chi connectivity index (χ0n) is 27.6. The zero-order chi connectivity index (χ0) is 34.9. The second-order valence-electron chi connectivity index (χ2n) is 15.0. The molecular formula is C34H41F5N4O5. The summed E-state index contributed by atoms with van der Waals surface area (Å²) in [7, 11) is 0. The largest absolute Gasteiger partial charge is 0.471 e.